The van der Waals surface area contributed by atoms with Crippen LogP contribution in [0.15, 0.2) is 23.7 Å². The van der Waals surface area contributed by atoms with Crippen molar-refractivity contribution < 1.29 is 0 Å². The highest BCUT2D eigenvalue weighted by molar-refractivity contribution is 7.80. The molecule has 0 bridgehead atoms. The molecular formula is C12H14N4S2. The molecule has 0 radical (unpaired) electrons. The third-order valence-electron chi connectivity index (χ3n) is 2.49. The lowest BCUT2D eigenvalue weighted by atomic mass is 10.2. The van der Waals surface area contributed by atoms with E-state index in [9.17, 15) is 0 Å². The van der Waals surface area contributed by atoms with Crippen LogP contribution in [0.2, 0.25) is 0 Å². The van der Waals surface area contributed by atoms with E-state index in [0.29, 0.717) is 4.99 Å². The summed E-state index contributed by atoms with van der Waals surface area (Å²) in [5.74, 6) is 0.839. The lowest BCUT2D eigenvalue weighted by Crippen LogP contribution is -2.19. The van der Waals surface area contributed by atoms with Crippen LogP contribution in [-0.4, -0.2) is 22.0 Å². The van der Waals surface area contributed by atoms with Gasteiger partial charge in [-0.3, -0.25) is 0 Å². The third kappa shape index (κ3) is 3.02. The number of nitrogens with two attached hydrogens (primary N) is 1. The van der Waals surface area contributed by atoms with E-state index in [0.717, 1.165) is 28.6 Å². The second-order valence-electron chi connectivity index (χ2n) is 3.98. The molecule has 0 aliphatic rings. The van der Waals surface area contributed by atoms with Gasteiger partial charge in [0.25, 0.3) is 0 Å². The number of aryl methyl sites for hydroxylation is 1. The molecule has 0 saturated carbocycles. The van der Waals surface area contributed by atoms with Crippen molar-refractivity contribution in [1.29, 1.82) is 0 Å². The average molecular weight is 278 g/mol. The van der Waals surface area contributed by atoms with Crippen LogP contribution >= 0.6 is 23.6 Å². The highest BCUT2D eigenvalue weighted by Gasteiger charge is 2.07. The summed E-state index contributed by atoms with van der Waals surface area (Å²) in [6.45, 7) is 2.72. The normalized spacial score (nSPS) is 10.3. The Morgan fingerprint density at radius 2 is 2.33 bits per heavy atom. The molecule has 18 heavy (non-hydrogen) atoms. The van der Waals surface area contributed by atoms with Gasteiger partial charge in [-0.2, -0.15) is 0 Å². The van der Waals surface area contributed by atoms with Crippen molar-refractivity contribution in [3.8, 4) is 0 Å². The Kier molecular flexibility index (Phi) is 3.88. The fourth-order valence-corrected chi connectivity index (χ4v) is 2.32. The summed E-state index contributed by atoms with van der Waals surface area (Å²) in [4.78, 5) is 11.2. The minimum Gasteiger partial charge on any atom is -0.389 e. The SMILES string of the molecule is Cc1nc(CN(C)c2cc(C(N)=S)ccn2)cs1. The molecule has 94 valence electrons. The van der Waals surface area contributed by atoms with Gasteiger partial charge in [-0.25, -0.2) is 9.97 Å². The number of thiocarbonyl (C=S) groups is 1. The van der Waals surface area contributed by atoms with Gasteiger partial charge in [-0.05, 0) is 19.1 Å². The van der Waals surface area contributed by atoms with Crippen LogP contribution < -0.4 is 10.6 Å². The Labute approximate surface area is 115 Å². The maximum atomic E-state index is 5.61. The van der Waals surface area contributed by atoms with Gasteiger partial charge in [-0.15, -0.1) is 11.3 Å². The topological polar surface area (TPSA) is 55.0 Å². The van der Waals surface area contributed by atoms with Crippen molar-refractivity contribution in [2.45, 2.75) is 13.5 Å². The molecule has 4 nitrogen and oxygen atoms in total. The molecular weight excluding hydrogens is 264 g/mol. The number of thiazole rings is 1. The van der Waals surface area contributed by atoms with Gasteiger partial charge < -0.3 is 10.6 Å². The molecule has 0 aliphatic carbocycles. The van der Waals surface area contributed by atoms with Crippen molar-refractivity contribution >= 4 is 34.4 Å². The van der Waals surface area contributed by atoms with Crippen LogP contribution in [0.3, 0.4) is 0 Å². The van der Waals surface area contributed by atoms with E-state index >= 15 is 0 Å². The summed E-state index contributed by atoms with van der Waals surface area (Å²) in [6, 6.07) is 3.70. The Hall–Kier alpha value is -1.53. The van der Waals surface area contributed by atoms with Crippen molar-refractivity contribution in [3.05, 3.63) is 40.0 Å². The van der Waals surface area contributed by atoms with Gasteiger partial charge >= 0.3 is 0 Å². The molecule has 0 aliphatic heterocycles. The van der Waals surface area contributed by atoms with Crippen LogP contribution in [0.25, 0.3) is 0 Å². The molecule has 0 fully saturated rings. The van der Waals surface area contributed by atoms with Crippen LogP contribution in [-0.2, 0) is 6.54 Å². The fourth-order valence-electron chi connectivity index (χ4n) is 1.59. The highest BCUT2D eigenvalue weighted by Crippen LogP contribution is 2.15. The highest BCUT2D eigenvalue weighted by atomic mass is 32.1. The Balaban J connectivity index is 2.15. The van der Waals surface area contributed by atoms with E-state index in [1.165, 1.54) is 0 Å². The quantitative estimate of drug-likeness (QED) is 0.868. The van der Waals surface area contributed by atoms with E-state index in [1.54, 1.807) is 17.5 Å². The minimum atomic E-state index is 0.386. The van der Waals surface area contributed by atoms with Gasteiger partial charge in [0, 0.05) is 24.2 Å². The smallest absolute Gasteiger partial charge is 0.129 e. The maximum absolute atomic E-state index is 5.61. The van der Waals surface area contributed by atoms with E-state index < -0.39 is 0 Å². The molecule has 0 unspecified atom stereocenters. The number of pyridine rings is 1. The molecule has 0 spiro atoms. The van der Waals surface area contributed by atoms with Gasteiger partial charge in [0.05, 0.1) is 17.2 Å². The van der Waals surface area contributed by atoms with Gasteiger partial charge in [0.2, 0.25) is 0 Å². The minimum absolute atomic E-state index is 0.386. The first-order chi connectivity index (χ1) is 8.56. The number of anilines is 1. The van der Waals surface area contributed by atoms with E-state index in [2.05, 4.69) is 15.3 Å². The largest absolute Gasteiger partial charge is 0.389 e. The fraction of sp³-hybridized carbons (Fsp3) is 0.250. The molecule has 0 amide bonds. The van der Waals surface area contributed by atoms with Crippen LogP contribution in [0.5, 0.6) is 0 Å². The lowest BCUT2D eigenvalue weighted by Gasteiger charge is -2.17. The van der Waals surface area contributed by atoms with E-state index in [1.807, 2.05) is 31.0 Å². The van der Waals surface area contributed by atoms with Crippen LogP contribution in [0.4, 0.5) is 5.82 Å². The van der Waals surface area contributed by atoms with Crippen molar-refractivity contribution in [2.75, 3.05) is 11.9 Å². The van der Waals surface area contributed by atoms with Gasteiger partial charge in [-0.1, -0.05) is 12.2 Å². The Morgan fingerprint density at radius 3 is 2.94 bits per heavy atom. The standard InChI is InChI=1S/C12H14N4S2/c1-8-15-10(7-18-8)6-16(2)11-5-9(12(13)17)3-4-14-11/h3-5,7H,6H2,1-2H3,(H2,13,17). The zero-order valence-corrected chi connectivity index (χ0v) is 11.9. The van der Waals surface area contributed by atoms with E-state index in [-0.39, 0.29) is 0 Å². The average Bonchev–Trinajstić information content (AvgIpc) is 2.75. The second-order valence-corrected chi connectivity index (χ2v) is 5.48. The predicted octanol–water partition coefficient (Wildman–Crippen LogP) is 2.12. The molecule has 2 rings (SSSR count). The molecule has 0 aromatic carbocycles. The summed E-state index contributed by atoms with van der Waals surface area (Å²) < 4.78 is 0. The second kappa shape index (κ2) is 5.41. The molecule has 2 heterocycles. The molecule has 0 atom stereocenters. The zero-order valence-electron chi connectivity index (χ0n) is 10.3. The summed E-state index contributed by atoms with van der Waals surface area (Å²) in [6.07, 6.45) is 1.71. The predicted molar refractivity (Wildman–Crippen MR) is 79.1 cm³/mol. The number of rotatable bonds is 4. The van der Waals surface area contributed by atoms with E-state index in [4.69, 9.17) is 18.0 Å². The lowest BCUT2D eigenvalue weighted by molar-refractivity contribution is 0.870. The number of hydrogen-bond donors (Lipinski definition) is 1. The monoisotopic (exact) mass is 278 g/mol. The van der Waals surface area contributed by atoms with Gasteiger partial charge in [0.1, 0.15) is 10.8 Å². The zero-order chi connectivity index (χ0) is 13.1. The van der Waals surface area contributed by atoms with Crippen molar-refractivity contribution in [2.24, 2.45) is 5.73 Å². The number of hydrogen-bond acceptors (Lipinski definition) is 5. The van der Waals surface area contributed by atoms with Crippen molar-refractivity contribution in [1.82, 2.24) is 9.97 Å². The first kappa shape index (κ1) is 12.9. The maximum Gasteiger partial charge on any atom is 0.129 e. The van der Waals surface area contributed by atoms with Crippen LogP contribution in [0.1, 0.15) is 16.3 Å². The third-order valence-corrected chi connectivity index (χ3v) is 3.54. The number of aromatic nitrogens is 2. The molecule has 6 heteroatoms. The summed E-state index contributed by atoms with van der Waals surface area (Å²) in [7, 11) is 1.97. The molecule has 2 aromatic rings. The summed E-state index contributed by atoms with van der Waals surface area (Å²) in [5.41, 5.74) is 7.49. The first-order valence-electron chi connectivity index (χ1n) is 5.44. The van der Waals surface area contributed by atoms with Crippen molar-refractivity contribution in [3.63, 3.8) is 0 Å². The summed E-state index contributed by atoms with van der Waals surface area (Å²) >= 11 is 6.61. The molecule has 2 aromatic heterocycles. The molecule has 0 saturated heterocycles. The Morgan fingerprint density at radius 1 is 1.56 bits per heavy atom. The molecule has 2 N–H and O–H groups in total. The summed E-state index contributed by atoms with van der Waals surface area (Å²) in [5, 5.41) is 3.13. The Bertz CT molecular complexity index is 565. The van der Waals surface area contributed by atoms with Gasteiger partial charge in [0.15, 0.2) is 0 Å². The van der Waals surface area contributed by atoms with Crippen LogP contribution in [0, 0.1) is 6.92 Å². The number of nitrogens with zero attached hydrogens (tertiary/aromatic N) is 3. The first-order valence-corrected chi connectivity index (χ1v) is 6.73.